The molecule has 0 amide bonds. The van der Waals surface area contributed by atoms with Crippen LogP contribution in [0.15, 0.2) is 36.4 Å². The molecule has 0 bridgehead atoms. The maximum atomic E-state index is 12.9. The van der Waals surface area contributed by atoms with E-state index >= 15 is 0 Å². The maximum absolute atomic E-state index is 12.9. The minimum Gasteiger partial charge on any atom is -0.395 e. The summed E-state index contributed by atoms with van der Waals surface area (Å²) < 4.78 is 34.7. The molecule has 3 rings (SSSR count). The van der Waals surface area contributed by atoms with Crippen LogP contribution in [-0.4, -0.2) is 12.8 Å². The molecule has 0 radical (unpaired) electrons. The first kappa shape index (κ1) is 16.3. The molecule has 0 saturated carbocycles. The van der Waals surface area contributed by atoms with Crippen molar-refractivity contribution in [3.63, 3.8) is 0 Å². The smallest absolute Gasteiger partial charge is 0.395 e. The van der Waals surface area contributed by atoms with Crippen LogP contribution >= 0.6 is 23.2 Å². The van der Waals surface area contributed by atoms with Crippen LogP contribution in [0.4, 0.5) is 8.78 Å². The van der Waals surface area contributed by atoms with Gasteiger partial charge in [-0.2, -0.15) is 0 Å². The fraction of sp³-hybridized carbons (Fsp3) is 0.250. The first-order valence-electron chi connectivity index (χ1n) is 6.96. The highest BCUT2D eigenvalue weighted by Crippen LogP contribution is 2.41. The van der Waals surface area contributed by atoms with Crippen molar-refractivity contribution in [1.29, 1.82) is 0 Å². The van der Waals surface area contributed by atoms with Gasteiger partial charge in [0.25, 0.3) is 0 Å². The van der Waals surface area contributed by atoms with Crippen molar-refractivity contribution in [2.24, 2.45) is 0 Å². The highest BCUT2D eigenvalue weighted by molar-refractivity contribution is 6.42. The van der Waals surface area contributed by atoms with E-state index in [4.69, 9.17) is 23.2 Å². The summed E-state index contributed by atoms with van der Waals surface area (Å²) in [5, 5.41) is 4.29. The second-order valence-corrected chi connectivity index (χ2v) is 5.94. The highest BCUT2D eigenvalue weighted by Gasteiger charge is 2.43. The van der Waals surface area contributed by atoms with Crippen molar-refractivity contribution in [2.45, 2.75) is 19.3 Å². The standard InChI is InChI=1S/C16H13Cl2F2NO2/c17-12-3-1-10(7-13(12)18)5-6-21-9-11-2-4-14-15(8-11)23-16(19,20)22-14/h1-4,7-8,21H,5-6,9H2. The zero-order valence-electron chi connectivity index (χ0n) is 11.9. The molecule has 0 aliphatic carbocycles. The van der Waals surface area contributed by atoms with Crippen molar-refractivity contribution in [3.8, 4) is 11.5 Å². The van der Waals surface area contributed by atoms with Gasteiger partial charge in [0.15, 0.2) is 11.5 Å². The minimum absolute atomic E-state index is 0.0505. The van der Waals surface area contributed by atoms with E-state index in [0.717, 1.165) is 17.5 Å². The van der Waals surface area contributed by atoms with Crippen LogP contribution in [-0.2, 0) is 13.0 Å². The molecule has 0 saturated heterocycles. The number of rotatable bonds is 5. The lowest BCUT2D eigenvalue weighted by molar-refractivity contribution is -0.286. The lowest BCUT2D eigenvalue weighted by Crippen LogP contribution is -2.25. The highest BCUT2D eigenvalue weighted by atomic mass is 35.5. The van der Waals surface area contributed by atoms with Gasteiger partial charge in [0.05, 0.1) is 10.0 Å². The van der Waals surface area contributed by atoms with Gasteiger partial charge in [0.1, 0.15) is 0 Å². The molecule has 1 aliphatic rings. The van der Waals surface area contributed by atoms with Gasteiger partial charge in [-0.25, -0.2) is 0 Å². The van der Waals surface area contributed by atoms with Gasteiger partial charge < -0.3 is 14.8 Å². The molecule has 0 aromatic heterocycles. The Morgan fingerprint density at radius 3 is 2.43 bits per heavy atom. The molecule has 1 aliphatic heterocycles. The number of hydrogen-bond acceptors (Lipinski definition) is 3. The molecular formula is C16H13Cl2F2NO2. The van der Waals surface area contributed by atoms with E-state index in [1.807, 2.05) is 12.1 Å². The van der Waals surface area contributed by atoms with E-state index in [0.29, 0.717) is 23.1 Å². The van der Waals surface area contributed by atoms with E-state index in [9.17, 15) is 8.78 Å². The first-order chi connectivity index (χ1) is 10.9. The average Bonchev–Trinajstić information content (AvgIpc) is 2.80. The lowest BCUT2D eigenvalue weighted by atomic mass is 10.1. The van der Waals surface area contributed by atoms with Gasteiger partial charge >= 0.3 is 6.29 Å². The molecule has 0 fully saturated rings. The number of alkyl halides is 2. The summed E-state index contributed by atoms with van der Waals surface area (Å²) in [5.74, 6) is 0.105. The molecule has 122 valence electrons. The number of benzene rings is 2. The topological polar surface area (TPSA) is 30.5 Å². The zero-order chi connectivity index (χ0) is 16.4. The number of ether oxygens (including phenoxy) is 2. The van der Waals surface area contributed by atoms with Crippen molar-refractivity contribution in [1.82, 2.24) is 5.32 Å². The Labute approximate surface area is 142 Å². The van der Waals surface area contributed by atoms with Gasteiger partial charge in [-0.3, -0.25) is 0 Å². The van der Waals surface area contributed by atoms with Crippen LogP contribution in [0.1, 0.15) is 11.1 Å². The van der Waals surface area contributed by atoms with Crippen LogP contribution < -0.4 is 14.8 Å². The molecule has 2 aromatic rings. The normalized spacial score (nSPS) is 15.0. The van der Waals surface area contributed by atoms with Crippen molar-refractivity contribution < 1.29 is 18.3 Å². The Morgan fingerprint density at radius 1 is 0.913 bits per heavy atom. The van der Waals surface area contributed by atoms with Crippen LogP contribution in [0.5, 0.6) is 11.5 Å². The summed E-state index contributed by atoms with van der Waals surface area (Å²) in [5.41, 5.74) is 1.90. The van der Waals surface area contributed by atoms with Gasteiger partial charge in [0.2, 0.25) is 0 Å². The van der Waals surface area contributed by atoms with Gasteiger partial charge in [-0.15, -0.1) is 8.78 Å². The summed E-state index contributed by atoms with van der Waals surface area (Å²) in [7, 11) is 0. The predicted molar refractivity (Wildman–Crippen MR) is 84.5 cm³/mol. The molecule has 3 nitrogen and oxygen atoms in total. The van der Waals surface area contributed by atoms with Gasteiger partial charge in [-0.1, -0.05) is 35.3 Å². The van der Waals surface area contributed by atoms with Crippen LogP contribution in [0.2, 0.25) is 10.0 Å². The Morgan fingerprint density at radius 2 is 1.65 bits per heavy atom. The SMILES string of the molecule is FC1(F)Oc2ccc(CNCCc3ccc(Cl)c(Cl)c3)cc2O1. The summed E-state index contributed by atoms with van der Waals surface area (Å²) in [6.07, 6.45) is -2.80. The quantitative estimate of drug-likeness (QED) is 0.788. The van der Waals surface area contributed by atoms with Crippen LogP contribution in [0.25, 0.3) is 0 Å². The molecule has 7 heteroatoms. The molecular weight excluding hydrogens is 347 g/mol. The van der Waals surface area contributed by atoms with Crippen molar-refractivity contribution in [2.75, 3.05) is 6.54 Å². The fourth-order valence-electron chi connectivity index (χ4n) is 2.26. The molecule has 1 heterocycles. The third-order valence-electron chi connectivity index (χ3n) is 3.37. The Bertz CT molecular complexity index is 725. The largest absolute Gasteiger partial charge is 0.586 e. The van der Waals surface area contributed by atoms with Crippen LogP contribution in [0.3, 0.4) is 0 Å². The Hall–Kier alpha value is -1.56. The Balaban J connectivity index is 1.51. The van der Waals surface area contributed by atoms with E-state index in [2.05, 4.69) is 14.8 Å². The zero-order valence-corrected chi connectivity index (χ0v) is 13.4. The molecule has 2 aromatic carbocycles. The molecule has 0 unspecified atom stereocenters. The molecule has 0 atom stereocenters. The first-order valence-corrected chi connectivity index (χ1v) is 7.72. The summed E-state index contributed by atoms with van der Waals surface area (Å²) >= 11 is 11.8. The molecule has 0 spiro atoms. The number of hydrogen-bond donors (Lipinski definition) is 1. The fourth-order valence-corrected chi connectivity index (χ4v) is 2.58. The number of nitrogens with one attached hydrogen (secondary N) is 1. The summed E-state index contributed by atoms with van der Waals surface area (Å²) in [6, 6.07) is 10.2. The van der Waals surface area contributed by atoms with E-state index in [-0.39, 0.29) is 11.5 Å². The maximum Gasteiger partial charge on any atom is 0.586 e. The van der Waals surface area contributed by atoms with E-state index in [1.165, 1.54) is 6.07 Å². The predicted octanol–water partition coefficient (Wildman–Crippen LogP) is 4.65. The second kappa shape index (κ2) is 6.51. The van der Waals surface area contributed by atoms with E-state index in [1.54, 1.807) is 18.2 Å². The van der Waals surface area contributed by atoms with Gasteiger partial charge in [0, 0.05) is 6.54 Å². The van der Waals surface area contributed by atoms with E-state index < -0.39 is 6.29 Å². The molecule has 1 N–H and O–H groups in total. The number of halogens is 4. The molecule has 23 heavy (non-hydrogen) atoms. The summed E-state index contributed by atoms with van der Waals surface area (Å²) in [4.78, 5) is 0. The Kier molecular flexibility index (Phi) is 4.62. The summed E-state index contributed by atoms with van der Waals surface area (Å²) in [6.45, 7) is 1.24. The lowest BCUT2D eigenvalue weighted by Gasteiger charge is -2.07. The third-order valence-corrected chi connectivity index (χ3v) is 4.11. The average molecular weight is 360 g/mol. The second-order valence-electron chi connectivity index (χ2n) is 5.12. The van der Waals surface area contributed by atoms with Crippen LogP contribution in [0, 0.1) is 0 Å². The monoisotopic (exact) mass is 359 g/mol. The van der Waals surface area contributed by atoms with Crippen molar-refractivity contribution in [3.05, 3.63) is 57.6 Å². The van der Waals surface area contributed by atoms with Crippen molar-refractivity contribution >= 4 is 23.2 Å². The van der Waals surface area contributed by atoms with Gasteiger partial charge in [-0.05, 0) is 48.4 Å². The number of fused-ring (bicyclic) bond motifs is 1. The third kappa shape index (κ3) is 4.05. The minimum atomic E-state index is -3.58.